The van der Waals surface area contributed by atoms with Gasteiger partial charge in [-0.2, -0.15) is 0 Å². The second-order valence-corrected chi connectivity index (χ2v) is 1.92. The Hall–Kier alpha value is -0.760. The molecule has 0 bridgehead atoms. The SMILES string of the molecule is CCC(O)/C=C/C=C/OC. The minimum Gasteiger partial charge on any atom is -0.504 e. The molecular formula is C8H14O2. The molecule has 0 aromatic heterocycles. The standard InChI is InChI=1S/C8H14O2/c1-3-8(9)6-4-5-7-10-2/h4-9H,3H2,1-2H3/b6-4+,7-5+. The van der Waals surface area contributed by atoms with Crippen molar-refractivity contribution in [2.45, 2.75) is 19.4 Å². The summed E-state index contributed by atoms with van der Waals surface area (Å²) in [5.41, 5.74) is 0. The van der Waals surface area contributed by atoms with Gasteiger partial charge in [-0.25, -0.2) is 0 Å². The van der Waals surface area contributed by atoms with Crippen LogP contribution in [0.4, 0.5) is 0 Å². The van der Waals surface area contributed by atoms with E-state index in [0.717, 1.165) is 6.42 Å². The van der Waals surface area contributed by atoms with Crippen molar-refractivity contribution < 1.29 is 9.84 Å². The summed E-state index contributed by atoms with van der Waals surface area (Å²) in [4.78, 5) is 0. The first-order valence-corrected chi connectivity index (χ1v) is 3.35. The molecule has 0 saturated carbocycles. The monoisotopic (exact) mass is 142 g/mol. The van der Waals surface area contributed by atoms with Crippen LogP contribution in [-0.4, -0.2) is 18.3 Å². The Balaban J connectivity index is 3.44. The van der Waals surface area contributed by atoms with Crippen LogP contribution in [0.25, 0.3) is 0 Å². The Labute approximate surface area is 61.8 Å². The molecule has 0 radical (unpaired) electrons. The van der Waals surface area contributed by atoms with Gasteiger partial charge in [-0.15, -0.1) is 0 Å². The van der Waals surface area contributed by atoms with Crippen LogP contribution >= 0.6 is 0 Å². The van der Waals surface area contributed by atoms with Crippen molar-refractivity contribution in [3.8, 4) is 0 Å². The van der Waals surface area contributed by atoms with Gasteiger partial charge >= 0.3 is 0 Å². The zero-order valence-electron chi connectivity index (χ0n) is 6.45. The highest BCUT2D eigenvalue weighted by Crippen LogP contribution is 1.91. The van der Waals surface area contributed by atoms with E-state index < -0.39 is 0 Å². The van der Waals surface area contributed by atoms with E-state index in [-0.39, 0.29) is 6.10 Å². The highest BCUT2D eigenvalue weighted by Gasteiger charge is 1.88. The molecule has 10 heavy (non-hydrogen) atoms. The number of aliphatic hydroxyl groups is 1. The van der Waals surface area contributed by atoms with Gasteiger partial charge in [-0.05, 0) is 12.5 Å². The van der Waals surface area contributed by atoms with Gasteiger partial charge in [0.25, 0.3) is 0 Å². The molecule has 0 aromatic carbocycles. The number of allylic oxidation sites excluding steroid dienone is 2. The molecule has 0 aliphatic heterocycles. The summed E-state index contributed by atoms with van der Waals surface area (Å²) in [6.07, 6.45) is 7.18. The predicted octanol–water partition coefficient (Wildman–Crippen LogP) is 1.47. The van der Waals surface area contributed by atoms with Gasteiger partial charge in [-0.1, -0.05) is 19.1 Å². The molecule has 58 valence electrons. The van der Waals surface area contributed by atoms with Crippen LogP contribution in [0.5, 0.6) is 0 Å². The van der Waals surface area contributed by atoms with Crippen molar-refractivity contribution in [2.24, 2.45) is 0 Å². The summed E-state index contributed by atoms with van der Waals surface area (Å²) in [5.74, 6) is 0. The average Bonchev–Trinajstić information content (AvgIpc) is 1.98. The number of methoxy groups -OCH3 is 1. The van der Waals surface area contributed by atoms with Crippen LogP contribution in [0.1, 0.15) is 13.3 Å². The van der Waals surface area contributed by atoms with Crippen LogP contribution in [-0.2, 0) is 4.74 Å². The van der Waals surface area contributed by atoms with E-state index in [0.29, 0.717) is 0 Å². The Bertz CT molecular complexity index is 116. The first-order valence-electron chi connectivity index (χ1n) is 3.35. The molecule has 0 saturated heterocycles. The fourth-order valence-corrected chi connectivity index (χ4v) is 0.452. The zero-order valence-corrected chi connectivity index (χ0v) is 6.45. The maximum atomic E-state index is 9.00. The second-order valence-electron chi connectivity index (χ2n) is 1.92. The van der Waals surface area contributed by atoms with Crippen molar-refractivity contribution in [3.63, 3.8) is 0 Å². The van der Waals surface area contributed by atoms with Gasteiger partial charge in [0, 0.05) is 0 Å². The molecule has 2 nitrogen and oxygen atoms in total. The summed E-state index contributed by atoms with van der Waals surface area (Å²) in [6, 6.07) is 0. The largest absolute Gasteiger partial charge is 0.504 e. The number of rotatable bonds is 4. The molecular weight excluding hydrogens is 128 g/mol. The third-order valence-electron chi connectivity index (χ3n) is 1.08. The second kappa shape index (κ2) is 6.36. The van der Waals surface area contributed by atoms with E-state index in [1.165, 1.54) is 0 Å². The molecule has 1 unspecified atom stereocenters. The third-order valence-corrected chi connectivity index (χ3v) is 1.08. The van der Waals surface area contributed by atoms with Gasteiger partial charge in [0.05, 0.1) is 19.5 Å². The highest BCUT2D eigenvalue weighted by atomic mass is 16.5. The first-order chi connectivity index (χ1) is 4.81. The fraction of sp³-hybridized carbons (Fsp3) is 0.500. The third kappa shape index (κ3) is 5.38. The lowest BCUT2D eigenvalue weighted by Crippen LogP contribution is -1.97. The molecule has 0 amide bonds. The van der Waals surface area contributed by atoms with Crippen LogP contribution in [0.2, 0.25) is 0 Å². The van der Waals surface area contributed by atoms with Gasteiger partial charge in [0.2, 0.25) is 0 Å². The van der Waals surface area contributed by atoms with Crippen LogP contribution in [0, 0.1) is 0 Å². The topological polar surface area (TPSA) is 29.5 Å². The van der Waals surface area contributed by atoms with Crippen LogP contribution in [0.3, 0.4) is 0 Å². The number of ether oxygens (including phenoxy) is 1. The summed E-state index contributed by atoms with van der Waals surface area (Å²) in [7, 11) is 1.58. The Kier molecular flexibility index (Phi) is 5.88. The molecule has 0 aliphatic carbocycles. The van der Waals surface area contributed by atoms with E-state index in [9.17, 15) is 0 Å². The molecule has 0 fully saturated rings. The van der Waals surface area contributed by atoms with Gasteiger partial charge < -0.3 is 9.84 Å². The van der Waals surface area contributed by atoms with Crippen molar-refractivity contribution in [1.29, 1.82) is 0 Å². The summed E-state index contributed by atoms with van der Waals surface area (Å²) in [6.45, 7) is 1.93. The Morgan fingerprint density at radius 2 is 2.20 bits per heavy atom. The van der Waals surface area contributed by atoms with Crippen LogP contribution < -0.4 is 0 Å². The number of hydrogen-bond acceptors (Lipinski definition) is 2. The molecule has 2 heteroatoms. The lowest BCUT2D eigenvalue weighted by molar-refractivity contribution is 0.219. The van der Waals surface area contributed by atoms with Gasteiger partial charge in [-0.3, -0.25) is 0 Å². The quantitative estimate of drug-likeness (QED) is 0.476. The van der Waals surface area contributed by atoms with Gasteiger partial charge in [0.1, 0.15) is 0 Å². The van der Waals surface area contributed by atoms with E-state index in [1.54, 1.807) is 31.6 Å². The van der Waals surface area contributed by atoms with E-state index >= 15 is 0 Å². The predicted molar refractivity (Wildman–Crippen MR) is 41.6 cm³/mol. The minimum absolute atomic E-state index is 0.332. The molecule has 0 heterocycles. The first kappa shape index (κ1) is 9.24. The van der Waals surface area contributed by atoms with Crippen LogP contribution in [0.15, 0.2) is 24.5 Å². The number of aliphatic hydroxyl groups excluding tert-OH is 1. The minimum atomic E-state index is -0.332. The molecule has 0 spiro atoms. The van der Waals surface area contributed by atoms with E-state index in [2.05, 4.69) is 4.74 Å². The molecule has 0 aliphatic rings. The van der Waals surface area contributed by atoms with Crippen molar-refractivity contribution >= 4 is 0 Å². The van der Waals surface area contributed by atoms with Crippen molar-refractivity contribution in [1.82, 2.24) is 0 Å². The average molecular weight is 142 g/mol. The molecule has 1 N–H and O–H groups in total. The lowest BCUT2D eigenvalue weighted by Gasteiger charge is -1.95. The highest BCUT2D eigenvalue weighted by molar-refractivity contribution is 5.02. The zero-order chi connectivity index (χ0) is 7.82. The summed E-state index contributed by atoms with van der Waals surface area (Å²) >= 11 is 0. The molecule has 0 aromatic rings. The normalized spacial score (nSPS) is 14.7. The number of hydrogen-bond donors (Lipinski definition) is 1. The maximum absolute atomic E-state index is 9.00. The Morgan fingerprint density at radius 3 is 2.70 bits per heavy atom. The van der Waals surface area contributed by atoms with E-state index in [4.69, 9.17) is 5.11 Å². The van der Waals surface area contributed by atoms with E-state index in [1.807, 2.05) is 6.92 Å². The summed E-state index contributed by atoms with van der Waals surface area (Å²) in [5, 5.41) is 9.00. The molecule has 0 rings (SSSR count). The smallest absolute Gasteiger partial charge is 0.0824 e. The van der Waals surface area contributed by atoms with Crippen molar-refractivity contribution in [3.05, 3.63) is 24.5 Å². The van der Waals surface area contributed by atoms with Gasteiger partial charge in [0.15, 0.2) is 0 Å². The fourth-order valence-electron chi connectivity index (χ4n) is 0.452. The molecule has 1 atom stereocenters. The maximum Gasteiger partial charge on any atom is 0.0824 e. The summed E-state index contributed by atoms with van der Waals surface area (Å²) < 4.78 is 4.64. The van der Waals surface area contributed by atoms with Crippen molar-refractivity contribution in [2.75, 3.05) is 7.11 Å². The lowest BCUT2D eigenvalue weighted by atomic mass is 10.2. The Morgan fingerprint density at radius 1 is 1.50 bits per heavy atom.